The highest BCUT2D eigenvalue weighted by atomic mass is 16.6. The van der Waals surface area contributed by atoms with Gasteiger partial charge in [-0.25, -0.2) is 4.79 Å². The molecule has 2 unspecified atom stereocenters. The predicted molar refractivity (Wildman–Crippen MR) is 90.6 cm³/mol. The first-order valence-electron chi connectivity index (χ1n) is 8.73. The Labute approximate surface area is 144 Å². The normalized spacial score (nSPS) is 25.7. The van der Waals surface area contributed by atoms with Crippen LogP contribution in [-0.2, 0) is 15.1 Å². The molecular weight excluding hydrogens is 306 g/mol. The lowest BCUT2D eigenvalue weighted by Crippen LogP contribution is -2.46. The number of hydrogen-bond donors (Lipinski definition) is 1. The van der Waals surface area contributed by atoms with E-state index in [1.54, 1.807) is 0 Å². The van der Waals surface area contributed by atoms with E-state index in [1.165, 1.54) is 0 Å². The lowest BCUT2D eigenvalue weighted by Gasteiger charge is -2.33. The zero-order valence-electron chi connectivity index (χ0n) is 14.6. The molecule has 1 heterocycles. The number of quaternary nitrogens is 1. The van der Waals surface area contributed by atoms with Gasteiger partial charge >= 0.3 is 5.97 Å². The molecule has 5 nitrogen and oxygen atoms in total. The SMILES string of the molecule is C[N+]1(C)CCC(OC(=O)C(O)(c2ccccc2)C2CCCC2)C1.[OH-]. The summed E-state index contributed by atoms with van der Waals surface area (Å²) in [6.45, 7) is 1.83. The Morgan fingerprint density at radius 3 is 2.33 bits per heavy atom. The van der Waals surface area contributed by atoms with Crippen molar-refractivity contribution in [3.8, 4) is 0 Å². The van der Waals surface area contributed by atoms with Crippen molar-refractivity contribution >= 4 is 5.97 Å². The second kappa shape index (κ2) is 7.21. The Balaban J connectivity index is 0.00000208. The van der Waals surface area contributed by atoms with Crippen LogP contribution >= 0.6 is 0 Å². The van der Waals surface area contributed by atoms with Crippen LogP contribution in [0.4, 0.5) is 0 Å². The Bertz CT molecular complexity index is 554. The molecule has 1 saturated carbocycles. The van der Waals surface area contributed by atoms with Gasteiger partial charge in [0.1, 0.15) is 6.54 Å². The van der Waals surface area contributed by atoms with Gasteiger partial charge in [0.2, 0.25) is 0 Å². The van der Waals surface area contributed by atoms with Crippen LogP contribution in [0.2, 0.25) is 0 Å². The molecule has 5 heteroatoms. The van der Waals surface area contributed by atoms with Crippen molar-refractivity contribution in [3.63, 3.8) is 0 Å². The molecule has 1 aromatic rings. The Morgan fingerprint density at radius 2 is 1.79 bits per heavy atom. The number of hydrogen-bond acceptors (Lipinski definition) is 4. The molecule has 2 fully saturated rings. The van der Waals surface area contributed by atoms with E-state index in [-0.39, 0.29) is 17.5 Å². The maximum Gasteiger partial charge on any atom is 0.343 e. The molecule has 1 aliphatic carbocycles. The molecule has 1 aromatic carbocycles. The fraction of sp³-hybridized carbons (Fsp3) is 0.632. The maximum absolute atomic E-state index is 12.9. The monoisotopic (exact) mass is 335 g/mol. The van der Waals surface area contributed by atoms with E-state index in [4.69, 9.17) is 4.74 Å². The Hall–Kier alpha value is -1.43. The van der Waals surface area contributed by atoms with Crippen molar-refractivity contribution in [2.24, 2.45) is 5.92 Å². The lowest BCUT2D eigenvalue weighted by atomic mass is 9.80. The summed E-state index contributed by atoms with van der Waals surface area (Å²) >= 11 is 0. The Kier molecular flexibility index (Phi) is 5.68. The van der Waals surface area contributed by atoms with E-state index in [1.807, 2.05) is 30.3 Å². The smallest absolute Gasteiger partial charge is 0.343 e. The van der Waals surface area contributed by atoms with Gasteiger partial charge in [0.25, 0.3) is 0 Å². The zero-order chi connectivity index (χ0) is 16.5. The highest BCUT2D eigenvalue weighted by Gasteiger charge is 2.49. The second-order valence-corrected chi connectivity index (χ2v) is 7.77. The molecule has 134 valence electrons. The molecule has 0 radical (unpaired) electrons. The van der Waals surface area contributed by atoms with Crippen molar-refractivity contribution in [2.75, 3.05) is 27.2 Å². The number of benzene rings is 1. The fourth-order valence-corrected chi connectivity index (χ4v) is 4.12. The average molecular weight is 335 g/mol. The number of ether oxygens (including phenoxy) is 1. The van der Waals surface area contributed by atoms with Crippen molar-refractivity contribution in [1.29, 1.82) is 0 Å². The van der Waals surface area contributed by atoms with Crippen LogP contribution in [0, 0.1) is 5.92 Å². The van der Waals surface area contributed by atoms with Gasteiger partial charge in [-0.2, -0.15) is 0 Å². The van der Waals surface area contributed by atoms with Crippen LogP contribution in [0.5, 0.6) is 0 Å². The minimum Gasteiger partial charge on any atom is -0.870 e. The van der Waals surface area contributed by atoms with Crippen molar-refractivity contribution in [2.45, 2.75) is 43.8 Å². The summed E-state index contributed by atoms with van der Waals surface area (Å²) in [4.78, 5) is 12.9. The molecule has 3 rings (SSSR count). The van der Waals surface area contributed by atoms with Crippen molar-refractivity contribution < 1.29 is 24.6 Å². The maximum atomic E-state index is 12.9. The van der Waals surface area contributed by atoms with E-state index < -0.39 is 11.6 Å². The number of aliphatic hydroxyl groups is 1. The van der Waals surface area contributed by atoms with Gasteiger partial charge in [0.05, 0.1) is 20.6 Å². The predicted octanol–water partition coefficient (Wildman–Crippen LogP) is 2.28. The number of carbonyl (C=O) groups is 1. The number of likely N-dealkylation sites (N-methyl/N-ethyl adjacent to an activating group) is 1. The van der Waals surface area contributed by atoms with Gasteiger partial charge in [-0.1, -0.05) is 43.2 Å². The van der Waals surface area contributed by atoms with Crippen LogP contribution in [0.15, 0.2) is 30.3 Å². The standard InChI is InChI=1S/C19H28NO3.H2O/c1-20(2)13-12-17(14-20)23-18(21)19(22,16-10-6-7-11-16)15-8-4-3-5-9-15;/h3-5,8-9,16-17,22H,6-7,10-14H2,1-2H3;1H2/q+1;/p-1. The summed E-state index contributed by atoms with van der Waals surface area (Å²) in [6, 6.07) is 9.33. The molecule has 0 bridgehead atoms. The van der Waals surface area contributed by atoms with Gasteiger partial charge in [0.15, 0.2) is 11.7 Å². The summed E-state index contributed by atoms with van der Waals surface area (Å²) in [5.74, 6) is -0.496. The highest BCUT2D eigenvalue weighted by molar-refractivity contribution is 5.81. The molecule has 0 amide bonds. The molecule has 1 saturated heterocycles. The summed E-state index contributed by atoms with van der Waals surface area (Å²) in [5, 5.41) is 11.4. The summed E-state index contributed by atoms with van der Waals surface area (Å²) in [6.07, 6.45) is 4.68. The average Bonchev–Trinajstić information content (AvgIpc) is 3.17. The van der Waals surface area contributed by atoms with Crippen molar-refractivity contribution in [3.05, 3.63) is 35.9 Å². The first-order chi connectivity index (χ1) is 10.9. The zero-order valence-corrected chi connectivity index (χ0v) is 14.6. The van der Waals surface area contributed by atoms with Gasteiger partial charge in [-0.3, -0.25) is 0 Å². The quantitative estimate of drug-likeness (QED) is 0.676. The van der Waals surface area contributed by atoms with E-state index in [9.17, 15) is 9.90 Å². The van der Waals surface area contributed by atoms with Crippen LogP contribution in [-0.4, -0.2) is 54.3 Å². The first-order valence-corrected chi connectivity index (χ1v) is 8.73. The minimum atomic E-state index is -1.50. The second-order valence-electron chi connectivity index (χ2n) is 7.77. The fourth-order valence-electron chi connectivity index (χ4n) is 4.12. The number of carbonyl (C=O) groups excluding carboxylic acids is 1. The molecule has 0 spiro atoms. The van der Waals surface area contributed by atoms with Gasteiger partial charge in [-0.05, 0) is 18.4 Å². The number of esters is 1. The van der Waals surface area contributed by atoms with Gasteiger partial charge in [-0.15, -0.1) is 0 Å². The van der Waals surface area contributed by atoms with Gasteiger partial charge in [0, 0.05) is 12.3 Å². The molecule has 1 aliphatic heterocycles. The third-order valence-electron chi connectivity index (χ3n) is 5.50. The summed E-state index contributed by atoms with van der Waals surface area (Å²) in [7, 11) is 4.29. The molecule has 24 heavy (non-hydrogen) atoms. The summed E-state index contributed by atoms with van der Waals surface area (Å²) in [5.41, 5.74) is -0.832. The van der Waals surface area contributed by atoms with E-state index in [0.717, 1.165) is 49.7 Å². The van der Waals surface area contributed by atoms with Crippen molar-refractivity contribution in [1.82, 2.24) is 0 Å². The van der Waals surface area contributed by atoms with Crippen LogP contribution < -0.4 is 0 Å². The largest absolute Gasteiger partial charge is 0.870 e. The third-order valence-corrected chi connectivity index (χ3v) is 5.50. The van der Waals surface area contributed by atoms with Crippen LogP contribution in [0.1, 0.15) is 37.7 Å². The van der Waals surface area contributed by atoms with Gasteiger partial charge < -0.3 is 19.8 Å². The number of rotatable bonds is 4. The van der Waals surface area contributed by atoms with E-state index in [2.05, 4.69) is 14.1 Å². The van der Waals surface area contributed by atoms with Crippen LogP contribution in [0.25, 0.3) is 0 Å². The van der Waals surface area contributed by atoms with E-state index in [0.29, 0.717) is 5.56 Å². The number of nitrogens with zero attached hydrogens (tertiary/aromatic N) is 1. The third kappa shape index (κ3) is 3.63. The number of likely N-dealkylation sites (tertiary alicyclic amines) is 1. The van der Waals surface area contributed by atoms with E-state index >= 15 is 0 Å². The molecular formula is C19H29NO4. The molecule has 0 aromatic heterocycles. The topological polar surface area (TPSA) is 76.5 Å². The highest BCUT2D eigenvalue weighted by Crippen LogP contribution is 2.42. The molecule has 2 N–H and O–H groups in total. The molecule has 2 aliphatic rings. The van der Waals surface area contributed by atoms with Crippen LogP contribution in [0.3, 0.4) is 0 Å². The first kappa shape index (κ1) is 18.9. The minimum absolute atomic E-state index is 0. The Morgan fingerprint density at radius 1 is 1.17 bits per heavy atom. The molecule has 2 atom stereocenters. The summed E-state index contributed by atoms with van der Waals surface area (Å²) < 4.78 is 6.64. The lowest BCUT2D eigenvalue weighted by molar-refractivity contribution is -0.879.